The number of allylic oxidation sites excluding steroid dienone is 1. The van der Waals surface area contributed by atoms with Crippen molar-refractivity contribution < 1.29 is 18.1 Å². The number of anilines is 3. The van der Waals surface area contributed by atoms with Crippen LogP contribution in [0.1, 0.15) is 32.6 Å². The summed E-state index contributed by atoms with van der Waals surface area (Å²) in [5.41, 5.74) is 4.30. The number of likely N-dealkylation sites (tertiary alicyclic amines) is 1. The van der Waals surface area contributed by atoms with E-state index in [1.807, 2.05) is 25.1 Å². The number of nitrogens with zero attached hydrogens (tertiary/aromatic N) is 8. The van der Waals surface area contributed by atoms with Gasteiger partial charge in [-0.2, -0.15) is 14.5 Å². The zero-order valence-corrected chi connectivity index (χ0v) is 33.3. The number of halogens is 3. The average Bonchev–Trinajstić information content (AvgIpc) is 3.48. The van der Waals surface area contributed by atoms with Crippen molar-refractivity contribution in [3.05, 3.63) is 59.1 Å². The van der Waals surface area contributed by atoms with Crippen LogP contribution >= 0.6 is 23.1 Å². The first kappa shape index (κ1) is 38.5. The lowest BCUT2D eigenvalue weighted by molar-refractivity contribution is 0.0764. The molecule has 0 radical (unpaired) electrons. The number of benzene rings is 2. The molecule has 0 amide bonds. The number of aryl methyl sites for hydroxylation is 1. The molecule has 4 heterocycles. The van der Waals surface area contributed by atoms with Gasteiger partial charge in [-0.05, 0) is 89.4 Å². The Kier molecular flexibility index (Phi) is 11.7. The minimum absolute atomic E-state index is 0.132. The zero-order chi connectivity index (χ0) is 37.9. The molecule has 2 aliphatic rings. The van der Waals surface area contributed by atoms with E-state index < -0.39 is 13.1 Å². The summed E-state index contributed by atoms with van der Waals surface area (Å²) in [5.74, 6) is 0.555. The first-order valence-corrected chi connectivity index (χ1v) is 20.9. The van der Waals surface area contributed by atoms with Crippen molar-refractivity contribution in [1.82, 2.24) is 24.6 Å². The van der Waals surface area contributed by atoms with Crippen LogP contribution in [0.2, 0.25) is 0 Å². The zero-order valence-electron chi connectivity index (χ0n) is 30.8. The smallest absolute Gasteiger partial charge is 0.228 e. The summed E-state index contributed by atoms with van der Waals surface area (Å²) in [6.45, 7) is 12.6. The van der Waals surface area contributed by atoms with Gasteiger partial charge in [0.25, 0.3) is 0 Å². The minimum Gasteiger partial charge on any atom is -0.494 e. The number of guanidine groups is 1. The molecule has 2 fully saturated rings. The second-order valence-corrected chi connectivity index (χ2v) is 18.4. The van der Waals surface area contributed by atoms with Crippen LogP contribution in [0.15, 0.2) is 63.1 Å². The number of hydrogen-bond acceptors (Lipinski definition) is 9. The summed E-state index contributed by atoms with van der Waals surface area (Å²) in [7, 11) is 0.311. The van der Waals surface area contributed by atoms with E-state index in [1.54, 1.807) is 45.9 Å². The molecule has 282 valence electrons. The van der Waals surface area contributed by atoms with E-state index in [9.17, 15) is 8.96 Å². The average molecular weight is 812 g/mol. The van der Waals surface area contributed by atoms with Crippen molar-refractivity contribution in [2.45, 2.75) is 32.6 Å². The molecule has 6 rings (SSSR count). The monoisotopic (exact) mass is 810 g/mol. The maximum Gasteiger partial charge on any atom is 0.228 e. The molecule has 0 aliphatic carbocycles. The third-order valence-electron chi connectivity index (χ3n) is 10.3. The van der Waals surface area contributed by atoms with E-state index in [2.05, 4.69) is 63.1 Å². The van der Waals surface area contributed by atoms with Crippen molar-refractivity contribution in [1.29, 1.82) is 0 Å². The van der Waals surface area contributed by atoms with Gasteiger partial charge >= 0.3 is 0 Å². The molecule has 2 N–H and O–H groups in total. The van der Waals surface area contributed by atoms with Gasteiger partial charge in [0.1, 0.15) is 30.9 Å². The summed E-state index contributed by atoms with van der Waals surface area (Å²) < 4.78 is 49.9. The molecule has 1 spiro atoms. The Labute approximate surface area is 317 Å². The number of ether oxygens (including phenoxy) is 1. The quantitative estimate of drug-likeness (QED) is 0.0969. The topological polar surface area (TPSA) is 125 Å². The van der Waals surface area contributed by atoms with Crippen LogP contribution in [0.25, 0.3) is 22.2 Å². The summed E-state index contributed by atoms with van der Waals surface area (Å²) in [6, 6.07) is 7.36. The molecule has 53 heavy (non-hydrogen) atoms. The lowest BCUT2D eigenvalue weighted by Crippen LogP contribution is -2.47. The predicted octanol–water partition coefficient (Wildman–Crippen LogP) is 7.24. The highest BCUT2D eigenvalue weighted by Crippen LogP contribution is 2.46. The molecule has 0 saturated carbocycles. The van der Waals surface area contributed by atoms with Crippen LogP contribution in [-0.4, -0.2) is 97.2 Å². The van der Waals surface area contributed by atoms with Crippen molar-refractivity contribution in [2.24, 2.45) is 22.4 Å². The molecule has 2 aliphatic heterocycles. The Balaban J connectivity index is 1.32. The molecule has 0 unspecified atom stereocenters. The summed E-state index contributed by atoms with van der Waals surface area (Å²) >= 11 is 3.56. The second-order valence-electron chi connectivity index (χ2n) is 14.0. The second kappa shape index (κ2) is 16.0. The van der Waals surface area contributed by atoms with Gasteiger partial charge in [-0.1, -0.05) is 15.9 Å². The maximum atomic E-state index is 15.6. The fraction of sp³-hybridized carbons (Fsp3) is 0.432. The van der Waals surface area contributed by atoms with E-state index in [4.69, 9.17) is 9.73 Å². The number of piperidine rings is 2. The fourth-order valence-electron chi connectivity index (χ4n) is 7.32. The lowest BCUT2D eigenvalue weighted by Gasteiger charge is -2.47. The van der Waals surface area contributed by atoms with E-state index in [1.165, 1.54) is 10.9 Å². The molecule has 0 atom stereocenters. The largest absolute Gasteiger partial charge is 0.494 e. The van der Waals surface area contributed by atoms with Crippen molar-refractivity contribution >= 4 is 69.1 Å². The predicted molar refractivity (Wildman–Crippen MR) is 215 cm³/mol. The number of hydrogen-bond donors (Lipinski definition) is 2. The van der Waals surface area contributed by atoms with E-state index >= 15 is 4.39 Å². The molecule has 4 aromatic rings. The summed E-state index contributed by atoms with van der Waals surface area (Å²) in [6.07, 6.45) is 8.81. The van der Waals surface area contributed by atoms with Gasteiger partial charge in [0, 0.05) is 60.9 Å². The van der Waals surface area contributed by atoms with Gasteiger partial charge in [0.2, 0.25) is 11.9 Å². The molecular formula is C37H46BrF2N10O2P. The third kappa shape index (κ3) is 8.32. The Morgan fingerprint density at radius 3 is 2.36 bits per heavy atom. The molecule has 2 aromatic carbocycles. The number of aromatic nitrogens is 4. The Bertz CT molecular complexity index is 2090. The first-order chi connectivity index (χ1) is 25.4. The van der Waals surface area contributed by atoms with Crippen LogP contribution < -0.4 is 25.6 Å². The summed E-state index contributed by atoms with van der Waals surface area (Å²) in [4.78, 5) is 22.3. The summed E-state index contributed by atoms with van der Waals surface area (Å²) in [5, 5.41) is 11.3. The highest BCUT2D eigenvalue weighted by molar-refractivity contribution is 9.11. The third-order valence-corrected chi connectivity index (χ3v) is 12.2. The van der Waals surface area contributed by atoms with Crippen molar-refractivity contribution in [3.63, 3.8) is 0 Å². The highest BCUT2D eigenvalue weighted by atomic mass is 79.9. The normalized spacial score (nSPS) is 17.2. The van der Waals surface area contributed by atoms with Crippen LogP contribution in [0.4, 0.5) is 25.8 Å². The van der Waals surface area contributed by atoms with Crippen LogP contribution in [0, 0.1) is 11.4 Å². The van der Waals surface area contributed by atoms with Crippen LogP contribution in [0.5, 0.6) is 5.75 Å². The standard InChI is InChI=1S/C37H46BrF2N10O2P/c1-24(38)35(45-28-8-7-27-32(43-15-14-42-27)33(28)53(5,6)51)47-36(41-2)46-29-21-25(26-23-44-48(3)34(26)40)30(22-31(29)52-4)50-18-11-37(12-19-50)9-16-49(17-10-37)20-13-39/h7-8,14-15,21-23,45H,2,9-13,16-20H2,1,3-6H3,(H,46,47)/b35-24+. The Morgan fingerprint density at radius 1 is 1.06 bits per heavy atom. The number of alkyl halides is 1. The lowest BCUT2D eigenvalue weighted by atomic mass is 9.71. The van der Waals surface area contributed by atoms with E-state index in [-0.39, 0.29) is 18.0 Å². The van der Waals surface area contributed by atoms with Gasteiger partial charge in [0.05, 0.1) is 41.1 Å². The Morgan fingerprint density at radius 2 is 1.75 bits per heavy atom. The minimum atomic E-state index is -2.84. The van der Waals surface area contributed by atoms with E-state index in [0.29, 0.717) is 61.4 Å². The van der Waals surface area contributed by atoms with Crippen LogP contribution in [0.3, 0.4) is 0 Å². The number of fused-ring (bicyclic) bond motifs is 1. The van der Waals surface area contributed by atoms with Gasteiger partial charge < -0.3 is 29.7 Å². The van der Waals surface area contributed by atoms with Gasteiger partial charge in [-0.15, -0.1) is 0 Å². The molecule has 16 heteroatoms. The van der Waals surface area contributed by atoms with Gasteiger partial charge in [-0.25, -0.2) is 14.1 Å². The van der Waals surface area contributed by atoms with Crippen molar-refractivity contribution in [3.8, 4) is 16.9 Å². The SMILES string of the molecule is C=N/C(=N\C(Nc1ccc2nccnc2c1P(C)(C)=O)=C(/C)Br)Nc1cc(-c2cnn(C)c2F)c(N2CCC3(CCN(CCF)CC3)CC2)cc1OC. The number of aliphatic imine (C=N–C) groups is 2. The van der Waals surface area contributed by atoms with Gasteiger partial charge in [0.15, 0.2) is 0 Å². The first-order valence-electron chi connectivity index (χ1n) is 17.5. The molecular weight excluding hydrogens is 765 g/mol. The maximum absolute atomic E-state index is 15.6. The van der Waals surface area contributed by atoms with E-state index in [0.717, 1.165) is 57.5 Å². The number of methoxy groups -OCH3 is 1. The molecule has 12 nitrogen and oxygen atoms in total. The highest BCUT2D eigenvalue weighted by Gasteiger charge is 2.38. The number of nitrogens with one attached hydrogen (secondary N) is 2. The molecule has 2 aromatic heterocycles. The Hall–Kier alpha value is -4.20. The number of rotatable bonds is 10. The van der Waals surface area contributed by atoms with Gasteiger partial charge in [-0.3, -0.25) is 9.97 Å². The molecule has 2 saturated heterocycles. The van der Waals surface area contributed by atoms with Crippen LogP contribution in [-0.2, 0) is 11.6 Å². The van der Waals surface area contributed by atoms with Crippen molar-refractivity contribution in [2.75, 3.05) is 75.4 Å². The molecule has 0 bridgehead atoms. The fourth-order valence-corrected chi connectivity index (χ4v) is 8.91.